The van der Waals surface area contributed by atoms with Crippen molar-refractivity contribution in [1.82, 2.24) is 4.90 Å². The highest BCUT2D eigenvalue weighted by Crippen LogP contribution is 2.38. The lowest BCUT2D eigenvalue weighted by Crippen LogP contribution is -2.31. The predicted octanol–water partition coefficient (Wildman–Crippen LogP) is 3.94. The van der Waals surface area contributed by atoms with Gasteiger partial charge < -0.3 is 5.32 Å². The van der Waals surface area contributed by atoms with Crippen LogP contribution in [0.25, 0.3) is 0 Å². The van der Waals surface area contributed by atoms with Crippen molar-refractivity contribution in [3.8, 4) is 0 Å². The molecular formula is C17H26N2. The van der Waals surface area contributed by atoms with E-state index in [4.69, 9.17) is 0 Å². The maximum absolute atomic E-state index is 3.57. The van der Waals surface area contributed by atoms with Crippen LogP contribution in [0.5, 0.6) is 0 Å². The van der Waals surface area contributed by atoms with Crippen LogP contribution in [-0.4, -0.2) is 24.5 Å². The number of nitrogens with one attached hydrogen (secondary N) is 1. The van der Waals surface area contributed by atoms with E-state index in [1.807, 2.05) is 0 Å². The molecule has 2 aliphatic heterocycles. The largest absolute Gasteiger partial charge is 0.385 e. The lowest BCUT2D eigenvalue weighted by atomic mass is 9.83. The number of hydrogen-bond acceptors (Lipinski definition) is 2. The normalized spacial score (nSPS) is 24.1. The number of likely N-dealkylation sites (tertiary alicyclic amines) is 1. The summed E-state index contributed by atoms with van der Waals surface area (Å²) >= 11 is 0. The number of fused-ring (bicyclic) bond motifs is 1. The third-order valence-electron chi connectivity index (χ3n) is 4.59. The summed E-state index contributed by atoms with van der Waals surface area (Å²) in [6.45, 7) is 10.6. The summed E-state index contributed by atoms with van der Waals surface area (Å²) in [5.74, 6) is 0. The summed E-state index contributed by atoms with van der Waals surface area (Å²) in [7, 11) is 0. The maximum atomic E-state index is 3.57. The minimum Gasteiger partial charge on any atom is -0.385 e. The van der Waals surface area contributed by atoms with Crippen LogP contribution in [0.2, 0.25) is 0 Å². The van der Waals surface area contributed by atoms with Crippen LogP contribution < -0.4 is 5.32 Å². The Kier molecular flexibility index (Phi) is 3.30. The zero-order valence-electron chi connectivity index (χ0n) is 12.5. The summed E-state index contributed by atoms with van der Waals surface area (Å²) in [5, 5.41) is 3.57. The Morgan fingerprint density at radius 1 is 1.16 bits per heavy atom. The van der Waals surface area contributed by atoms with Crippen molar-refractivity contribution in [2.45, 2.75) is 51.5 Å². The highest BCUT2D eigenvalue weighted by molar-refractivity contribution is 5.56. The molecule has 0 bridgehead atoms. The van der Waals surface area contributed by atoms with Gasteiger partial charge in [-0.1, -0.05) is 32.9 Å². The Balaban J connectivity index is 1.97. The van der Waals surface area contributed by atoms with Crippen molar-refractivity contribution in [2.75, 3.05) is 25.0 Å². The van der Waals surface area contributed by atoms with Gasteiger partial charge in [-0.2, -0.15) is 0 Å². The van der Waals surface area contributed by atoms with Gasteiger partial charge in [0.25, 0.3) is 0 Å². The van der Waals surface area contributed by atoms with E-state index in [9.17, 15) is 0 Å². The minimum atomic E-state index is 0.238. The molecule has 1 saturated heterocycles. The Morgan fingerprint density at radius 2 is 1.89 bits per heavy atom. The standard InChI is InChI=1S/C17H26N2/c1-17(2,3)13-6-7-15-14(12-13)16(8-9-18-15)19-10-4-5-11-19/h6-7,12,16,18H,4-5,8-11H2,1-3H3. The Hall–Kier alpha value is -1.02. The van der Waals surface area contributed by atoms with Crippen LogP contribution >= 0.6 is 0 Å². The monoisotopic (exact) mass is 258 g/mol. The summed E-state index contributed by atoms with van der Waals surface area (Å²) in [6.07, 6.45) is 4.00. The first kappa shape index (κ1) is 13.0. The van der Waals surface area contributed by atoms with Crippen molar-refractivity contribution in [1.29, 1.82) is 0 Å². The third-order valence-corrected chi connectivity index (χ3v) is 4.59. The van der Waals surface area contributed by atoms with Gasteiger partial charge in [0, 0.05) is 18.3 Å². The Morgan fingerprint density at radius 3 is 2.58 bits per heavy atom. The molecule has 0 saturated carbocycles. The quantitative estimate of drug-likeness (QED) is 0.821. The molecule has 1 aromatic rings. The average molecular weight is 258 g/mol. The molecule has 2 heterocycles. The van der Waals surface area contributed by atoms with Crippen LogP contribution in [0.1, 0.15) is 57.2 Å². The molecule has 3 rings (SSSR count). The molecule has 0 radical (unpaired) electrons. The molecule has 2 heteroatoms. The highest BCUT2D eigenvalue weighted by atomic mass is 15.2. The van der Waals surface area contributed by atoms with E-state index in [2.05, 4.69) is 49.2 Å². The zero-order chi connectivity index (χ0) is 13.5. The first-order chi connectivity index (χ1) is 9.05. The molecule has 1 aromatic carbocycles. The van der Waals surface area contributed by atoms with E-state index in [1.54, 1.807) is 0 Å². The lowest BCUT2D eigenvalue weighted by Gasteiger charge is -2.35. The molecule has 2 aliphatic rings. The van der Waals surface area contributed by atoms with Crippen molar-refractivity contribution in [3.63, 3.8) is 0 Å². The van der Waals surface area contributed by atoms with Crippen LogP contribution in [0, 0.1) is 0 Å². The Bertz CT molecular complexity index is 453. The van der Waals surface area contributed by atoms with Gasteiger partial charge in [-0.15, -0.1) is 0 Å². The van der Waals surface area contributed by atoms with E-state index >= 15 is 0 Å². The molecule has 0 aromatic heterocycles. The molecule has 1 fully saturated rings. The molecule has 0 spiro atoms. The Labute approximate surface area is 117 Å². The third kappa shape index (κ3) is 2.51. The lowest BCUT2D eigenvalue weighted by molar-refractivity contribution is 0.234. The maximum Gasteiger partial charge on any atom is 0.0388 e. The fraction of sp³-hybridized carbons (Fsp3) is 0.647. The summed E-state index contributed by atoms with van der Waals surface area (Å²) in [4.78, 5) is 2.69. The fourth-order valence-corrected chi connectivity index (χ4v) is 3.40. The number of hydrogen-bond donors (Lipinski definition) is 1. The number of rotatable bonds is 1. The molecule has 2 nitrogen and oxygen atoms in total. The molecule has 1 atom stereocenters. The van der Waals surface area contributed by atoms with Gasteiger partial charge in [0.2, 0.25) is 0 Å². The molecule has 1 unspecified atom stereocenters. The summed E-state index contributed by atoms with van der Waals surface area (Å²) in [5.41, 5.74) is 4.58. The van der Waals surface area contributed by atoms with E-state index < -0.39 is 0 Å². The van der Waals surface area contributed by atoms with Crippen molar-refractivity contribution in [3.05, 3.63) is 29.3 Å². The summed E-state index contributed by atoms with van der Waals surface area (Å²) < 4.78 is 0. The second-order valence-corrected chi connectivity index (χ2v) is 7.03. The van der Waals surface area contributed by atoms with Gasteiger partial charge in [-0.05, 0) is 55.0 Å². The number of anilines is 1. The molecular weight excluding hydrogens is 232 g/mol. The molecule has 19 heavy (non-hydrogen) atoms. The predicted molar refractivity (Wildman–Crippen MR) is 81.8 cm³/mol. The highest BCUT2D eigenvalue weighted by Gasteiger charge is 2.28. The fourth-order valence-electron chi connectivity index (χ4n) is 3.40. The topological polar surface area (TPSA) is 15.3 Å². The minimum absolute atomic E-state index is 0.238. The van der Waals surface area contributed by atoms with E-state index in [0.717, 1.165) is 6.54 Å². The van der Waals surface area contributed by atoms with E-state index in [-0.39, 0.29) is 5.41 Å². The van der Waals surface area contributed by atoms with Gasteiger partial charge in [0.15, 0.2) is 0 Å². The van der Waals surface area contributed by atoms with Crippen LogP contribution in [0.3, 0.4) is 0 Å². The van der Waals surface area contributed by atoms with E-state index in [1.165, 1.54) is 49.2 Å². The van der Waals surface area contributed by atoms with Gasteiger partial charge in [0.1, 0.15) is 0 Å². The molecule has 1 N–H and O–H groups in total. The van der Waals surface area contributed by atoms with Crippen LogP contribution in [0.4, 0.5) is 5.69 Å². The van der Waals surface area contributed by atoms with Crippen molar-refractivity contribution in [2.24, 2.45) is 0 Å². The smallest absolute Gasteiger partial charge is 0.0388 e. The van der Waals surface area contributed by atoms with Gasteiger partial charge in [-0.25, -0.2) is 0 Å². The van der Waals surface area contributed by atoms with Gasteiger partial charge >= 0.3 is 0 Å². The first-order valence-corrected chi connectivity index (χ1v) is 7.68. The second-order valence-electron chi connectivity index (χ2n) is 7.03. The van der Waals surface area contributed by atoms with Crippen molar-refractivity contribution < 1.29 is 0 Å². The molecule has 104 valence electrons. The van der Waals surface area contributed by atoms with Crippen LogP contribution in [0.15, 0.2) is 18.2 Å². The average Bonchev–Trinajstić information content (AvgIpc) is 2.90. The van der Waals surface area contributed by atoms with Crippen molar-refractivity contribution >= 4 is 5.69 Å². The van der Waals surface area contributed by atoms with Crippen LogP contribution in [-0.2, 0) is 5.41 Å². The number of nitrogens with zero attached hydrogens (tertiary/aromatic N) is 1. The SMILES string of the molecule is CC(C)(C)c1ccc2c(c1)C(N1CCCC1)CCN2. The first-order valence-electron chi connectivity index (χ1n) is 7.68. The number of benzene rings is 1. The second kappa shape index (κ2) is 4.82. The zero-order valence-corrected chi connectivity index (χ0v) is 12.5. The van der Waals surface area contributed by atoms with Gasteiger partial charge in [0.05, 0.1) is 0 Å². The summed E-state index contributed by atoms with van der Waals surface area (Å²) in [6, 6.07) is 7.67. The molecule has 0 amide bonds. The van der Waals surface area contributed by atoms with E-state index in [0.29, 0.717) is 6.04 Å². The van der Waals surface area contributed by atoms with Gasteiger partial charge in [-0.3, -0.25) is 4.90 Å². The molecule has 0 aliphatic carbocycles.